The third-order valence-electron chi connectivity index (χ3n) is 11.3. The average molecular weight is 717 g/mol. The van der Waals surface area contributed by atoms with Crippen LogP contribution in [0.5, 0.6) is 0 Å². The van der Waals surface area contributed by atoms with Gasteiger partial charge in [0.2, 0.25) is 0 Å². The third kappa shape index (κ3) is 6.56. The molecule has 1 aromatic rings. The van der Waals surface area contributed by atoms with E-state index in [9.17, 15) is 44.7 Å². The van der Waals surface area contributed by atoms with Crippen LogP contribution in [0.4, 0.5) is 0 Å². The summed E-state index contributed by atoms with van der Waals surface area (Å²) < 4.78 is 30.3. The summed E-state index contributed by atoms with van der Waals surface area (Å²) in [5, 5.41) is 53.5. The molecule has 0 radical (unpaired) electrons. The Morgan fingerprint density at radius 3 is 2.16 bits per heavy atom. The molecule has 0 bridgehead atoms. The highest BCUT2D eigenvalue weighted by atomic mass is 16.7. The molecule has 0 unspecified atom stereocenters. The topological polar surface area (TPSA) is 216 Å². The van der Waals surface area contributed by atoms with Crippen molar-refractivity contribution in [2.75, 3.05) is 6.61 Å². The van der Waals surface area contributed by atoms with Crippen molar-refractivity contribution >= 4 is 23.7 Å². The third-order valence-corrected chi connectivity index (χ3v) is 11.3. The Morgan fingerprint density at radius 1 is 0.980 bits per heavy atom. The van der Waals surface area contributed by atoms with E-state index in [0.29, 0.717) is 0 Å². The van der Waals surface area contributed by atoms with Crippen LogP contribution in [0.1, 0.15) is 71.2 Å². The lowest BCUT2D eigenvalue weighted by molar-refractivity contribution is -0.311. The summed E-state index contributed by atoms with van der Waals surface area (Å²) in [5.41, 5.74) is -4.13. The molecule has 14 nitrogen and oxygen atoms in total. The SMILES string of the molecule is C=C1[C@@H](O[C@@H]2O[C@H](CO)[C@@H](O)[C@@H](O)[C@H]2O)CC[C@@]2(C)[C@H](OC(C)=O)[C@H](OC(=O)c3ccccc3)C3=C(C)C(=O)C[C@@]3(C(C)(C)O)[C@@H](OC(C)=O)[C@H]12. The van der Waals surface area contributed by atoms with E-state index in [1.54, 1.807) is 37.3 Å². The minimum atomic E-state index is -1.84. The first kappa shape index (κ1) is 38.7. The fourth-order valence-electron chi connectivity index (χ4n) is 8.73. The maximum atomic E-state index is 13.9. The predicted octanol–water partition coefficient (Wildman–Crippen LogP) is 1.29. The summed E-state index contributed by atoms with van der Waals surface area (Å²) in [5.74, 6) is -3.74. The molecule has 5 N–H and O–H groups in total. The lowest BCUT2D eigenvalue weighted by Crippen LogP contribution is -2.61. The lowest BCUT2D eigenvalue weighted by atomic mass is 9.55. The molecule has 0 aromatic heterocycles. The minimum Gasteiger partial charge on any atom is -0.461 e. The van der Waals surface area contributed by atoms with Gasteiger partial charge < -0.3 is 49.2 Å². The van der Waals surface area contributed by atoms with Gasteiger partial charge in [0.25, 0.3) is 0 Å². The van der Waals surface area contributed by atoms with Crippen LogP contribution >= 0.6 is 0 Å². The maximum Gasteiger partial charge on any atom is 0.338 e. The molecule has 1 aliphatic heterocycles. The van der Waals surface area contributed by atoms with Crippen molar-refractivity contribution in [1.82, 2.24) is 0 Å². The number of ketones is 1. The van der Waals surface area contributed by atoms with Gasteiger partial charge in [-0.3, -0.25) is 14.4 Å². The summed E-state index contributed by atoms with van der Waals surface area (Å²) in [7, 11) is 0. The second-order valence-corrected chi connectivity index (χ2v) is 14.8. The van der Waals surface area contributed by atoms with Gasteiger partial charge in [0.05, 0.1) is 29.3 Å². The van der Waals surface area contributed by atoms with Crippen molar-refractivity contribution in [3.05, 3.63) is 59.2 Å². The number of hydrogen-bond donors (Lipinski definition) is 5. The second-order valence-electron chi connectivity index (χ2n) is 14.8. The van der Waals surface area contributed by atoms with Crippen LogP contribution in [0.2, 0.25) is 0 Å². The predicted molar refractivity (Wildman–Crippen MR) is 176 cm³/mol. The molecule has 0 amide bonds. The number of allylic oxidation sites excluding steroid dienone is 1. The Kier molecular flexibility index (Phi) is 10.7. The van der Waals surface area contributed by atoms with E-state index >= 15 is 0 Å². The highest BCUT2D eigenvalue weighted by molar-refractivity contribution is 6.00. The summed E-state index contributed by atoms with van der Waals surface area (Å²) in [6, 6.07) is 8.09. The van der Waals surface area contributed by atoms with E-state index in [1.807, 2.05) is 0 Å². The smallest absolute Gasteiger partial charge is 0.338 e. The fraction of sp³-hybridized carbons (Fsp3) is 0.622. The Bertz CT molecular complexity index is 1580. The molecule has 2 saturated carbocycles. The standard InChI is InChI=1S/C37H48O14/c1-17-22(41)15-37(35(5,6)46)25(17)30(51-33(45)21-11-9-8-10-12-21)32(48-20(4)40)36(7)14-13-23(18(2)26(36)31(37)47-19(3)39)49-34-29(44)28(43)27(42)24(16-38)50-34/h8-12,23-24,26-32,34,38,42-44,46H,2,13-16H2,1,3-7H3/t23-,24+,26-,27+,28+,29+,30+,31-,32+,34+,36+,37-/m0/s1. The van der Waals surface area contributed by atoms with Gasteiger partial charge in [0.1, 0.15) is 36.6 Å². The first-order valence-corrected chi connectivity index (χ1v) is 17.0. The number of aliphatic hydroxyl groups excluding tert-OH is 4. The van der Waals surface area contributed by atoms with Crippen LogP contribution in [-0.2, 0) is 38.1 Å². The van der Waals surface area contributed by atoms with Crippen molar-refractivity contribution in [3.63, 3.8) is 0 Å². The molecule has 5 rings (SSSR count). The first-order chi connectivity index (χ1) is 23.8. The van der Waals surface area contributed by atoms with Gasteiger partial charge in [-0.15, -0.1) is 0 Å². The highest BCUT2D eigenvalue weighted by Crippen LogP contribution is 2.65. The van der Waals surface area contributed by atoms with Gasteiger partial charge in [-0.05, 0) is 62.5 Å². The fourth-order valence-corrected chi connectivity index (χ4v) is 8.73. The molecule has 280 valence electrons. The van der Waals surface area contributed by atoms with E-state index < -0.39 is 108 Å². The minimum absolute atomic E-state index is 0.135. The number of fused-ring (bicyclic) bond motifs is 2. The number of ether oxygens (including phenoxy) is 5. The van der Waals surface area contributed by atoms with Gasteiger partial charge >= 0.3 is 17.9 Å². The van der Waals surface area contributed by atoms with Gasteiger partial charge in [0, 0.05) is 31.6 Å². The van der Waals surface area contributed by atoms with Crippen molar-refractivity contribution < 1.29 is 68.4 Å². The summed E-state index contributed by atoms with van der Waals surface area (Å²) in [4.78, 5) is 53.7. The number of aliphatic hydroxyl groups is 5. The Morgan fingerprint density at radius 2 is 1.59 bits per heavy atom. The largest absolute Gasteiger partial charge is 0.461 e. The second kappa shape index (κ2) is 14.1. The van der Waals surface area contributed by atoms with E-state index in [-0.39, 0.29) is 41.5 Å². The molecule has 12 atom stereocenters. The van der Waals surface area contributed by atoms with Crippen LogP contribution in [0.25, 0.3) is 0 Å². The summed E-state index contributed by atoms with van der Waals surface area (Å²) in [6.07, 6.45) is -13.1. The molecule has 1 saturated heterocycles. The number of benzene rings is 1. The molecule has 1 aromatic carbocycles. The molecule has 3 aliphatic carbocycles. The van der Waals surface area contributed by atoms with Crippen LogP contribution < -0.4 is 0 Å². The molecule has 51 heavy (non-hydrogen) atoms. The van der Waals surface area contributed by atoms with Gasteiger partial charge in [-0.1, -0.05) is 31.7 Å². The quantitative estimate of drug-likeness (QED) is 0.146. The molecule has 1 heterocycles. The summed E-state index contributed by atoms with van der Waals surface area (Å²) >= 11 is 0. The average Bonchev–Trinajstić information content (AvgIpc) is 3.30. The van der Waals surface area contributed by atoms with E-state index in [0.717, 1.165) is 0 Å². The van der Waals surface area contributed by atoms with Crippen LogP contribution in [-0.4, -0.2) is 117 Å². The van der Waals surface area contributed by atoms with Crippen molar-refractivity contribution in [2.24, 2.45) is 16.7 Å². The van der Waals surface area contributed by atoms with Gasteiger partial charge in [0.15, 0.2) is 18.2 Å². The van der Waals surface area contributed by atoms with E-state index in [1.165, 1.54) is 34.6 Å². The molecule has 14 heteroatoms. The molecule has 0 spiro atoms. The zero-order chi connectivity index (χ0) is 37.8. The lowest BCUT2D eigenvalue weighted by Gasteiger charge is -2.54. The van der Waals surface area contributed by atoms with Crippen molar-refractivity contribution in [3.8, 4) is 0 Å². The Labute approximate surface area is 296 Å². The zero-order valence-electron chi connectivity index (χ0n) is 29.6. The number of esters is 3. The van der Waals surface area contributed by atoms with Crippen molar-refractivity contribution in [1.29, 1.82) is 0 Å². The van der Waals surface area contributed by atoms with E-state index in [4.69, 9.17) is 23.7 Å². The van der Waals surface area contributed by atoms with Crippen LogP contribution in [0, 0.1) is 16.7 Å². The number of carbonyl (C=O) groups excluding carboxylic acids is 4. The molecular formula is C37H48O14. The van der Waals surface area contributed by atoms with Crippen LogP contribution in [0.3, 0.4) is 0 Å². The van der Waals surface area contributed by atoms with Crippen molar-refractivity contribution in [2.45, 2.75) is 122 Å². The van der Waals surface area contributed by atoms with Gasteiger partial charge in [-0.25, -0.2) is 4.79 Å². The number of hydrogen-bond acceptors (Lipinski definition) is 14. The number of rotatable bonds is 8. The monoisotopic (exact) mass is 716 g/mol. The number of Topliss-reactive ketones (excluding diaryl/α,β-unsaturated/α-hetero) is 1. The molecule has 3 fully saturated rings. The maximum absolute atomic E-state index is 13.9. The Balaban J connectivity index is 1.72. The normalized spacial score (nSPS) is 38.3. The van der Waals surface area contributed by atoms with E-state index in [2.05, 4.69) is 6.58 Å². The Hall–Kier alpha value is -3.50. The zero-order valence-corrected chi connectivity index (χ0v) is 29.6. The molecular weight excluding hydrogens is 668 g/mol. The van der Waals surface area contributed by atoms with Gasteiger partial charge in [-0.2, -0.15) is 0 Å². The first-order valence-electron chi connectivity index (χ1n) is 17.0. The molecule has 4 aliphatic rings. The summed E-state index contributed by atoms with van der Waals surface area (Å²) in [6.45, 7) is 12.2. The van der Waals surface area contributed by atoms with Crippen LogP contribution in [0.15, 0.2) is 53.6 Å². The highest BCUT2D eigenvalue weighted by Gasteiger charge is 2.72. The number of carbonyl (C=O) groups is 4.